The maximum Gasteiger partial charge on any atom is 0.274 e. The quantitative estimate of drug-likeness (QED) is 0.753. The summed E-state index contributed by atoms with van der Waals surface area (Å²) in [5.74, 6) is 0. The van der Waals surface area contributed by atoms with Crippen LogP contribution >= 0.6 is 27.3 Å². The number of hydrogen-bond donors (Lipinski definition) is 0. The maximum atomic E-state index is 5.33. The molecule has 0 saturated heterocycles. The number of hydrogen-bond acceptors (Lipinski definition) is 4. The lowest BCUT2D eigenvalue weighted by Gasteiger charge is -2.00. The Morgan fingerprint density at radius 3 is 3.00 bits per heavy atom. The van der Waals surface area contributed by atoms with Crippen molar-refractivity contribution in [2.45, 2.75) is 6.42 Å². The summed E-state index contributed by atoms with van der Waals surface area (Å²) in [6.07, 6.45) is 0.897. The molecule has 1 aromatic heterocycles. The van der Waals surface area contributed by atoms with Gasteiger partial charge in [0.1, 0.15) is 4.60 Å². The first-order valence-corrected chi connectivity index (χ1v) is 5.23. The summed E-state index contributed by atoms with van der Waals surface area (Å²) in [7, 11) is 1.68. The van der Waals surface area contributed by atoms with Gasteiger partial charge in [-0.25, -0.2) is 0 Å². The van der Waals surface area contributed by atoms with Gasteiger partial charge in [-0.3, -0.25) is 0 Å². The summed E-state index contributed by atoms with van der Waals surface area (Å²) >= 11 is 4.74. The normalized spacial score (nSPS) is 10.2. The van der Waals surface area contributed by atoms with Gasteiger partial charge in [0.15, 0.2) is 0 Å². The zero-order chi connectivity index (χ0) is 8.81. The number of nitrogens with zero attached hydrogens (tertiary/aromatic N) is 1. The highest BCUT2D eigenvalue weighted by Gasteiger charge is 1.98. The lowest BCUT2D eigenvalue weighted by atomic mass is 10.5. The van der Waals surface area contributed by atoms with Crippen molar-refractivity contribution in [3.8, 4) is 5.19 Å². The Hall–Kier alpha value is -0.130. The summed E-state index contributed by atoms with van der Waals surface area (Å²) in [5, 5.41) is 2.60. The van der Waals surface area contributed by atoms with Crippen molar-refractivity contribution in [1.82, 2.24) is 4.98 Å². The van der Waals surface area contributed by atoms with Gasteiger partial charge < -0.3 is 9.47 Å². The molecule has 0 spiro atoms. The van der Waals surface area contributed by atoms with Crippen LogP contribution < -0.4 is 4.74 Å². The summed E-state index contributed by atoms with van der Waals surface area (Å²) in [5.41, 5.74) is 0. The summed E-state index contributed by atoms with van der Waals surface area (Å²) in [6, 6.07) is 0. The molecule has 0 radical (unpaired) electrons. The van der Waals surface area contributed by atoms with E-state index in [1.54, 1.807) is 7.11 Å². The first kappa shape index (κ1) is 9.95. The van der Waals surface area contributed by atoms with Crippen LogP contribution in [0.3, 0.4) is 0 Å². The molecule has 0 bridgehead atoms. The molecule has 0 atom stereocenters. The number of aromatic nitrogens is 1. The minimum atomic E-state index is 0.661. The molecule has 0 N–H and O–H groups in total. The predicted octanol–water partition coefficient (Wildman–Crippen LogP) is 2.32. The van der Waals surface area contributed by atoms with Crippen molar-refractivity contribution in [1.29, 1.82) is 0 Å². The molecule has 0 amide bonds. The highest BCUT2D eigenvalue weighted by Crippen LogP contribution is 2.21. The minimum absolute atomic E-state index is 0.661. The Bertz CT molecular complexity index is 229. The van der Waals surface area contributed by atoms with Crippen LogP contribution in [-0.2, 0) is 4.74 Å². The highest BCUT2D eigenvalue weighted by molar-refractivity contribution is 9.10. The molecule has 0 fully saturated rings. The molecule has 0 aliphatic rings. The average Bonchev–Trinajstić information content (AvgIpc) is 2.45. The molecule has 0 saturated carbocycles. The molecule has 0 aliphatic carbocycles. The third-order valence-corrected chi connectivity index (χ3v) is 2.63. The molecule has 0 unspecified atom stereocenters. The van der Waals surface area contributed by atoms with E-state index in [-0.39, 0.29) is 0 Å². The largest absolute Gasteiger partial charge is 0.470 e. The molecule has 5 heteroatoms. The van der Waals surface area contributed by atoms with E-state index in [1.165, 1.54) is 11.3 Å². The standard InChI is InChI=1S/C7H10BrNO2S/c1-10-3-2-4-11-7-9-6(8)5-12-7/h5H,2-4H2,1H3. The second-order valence-corrected chi connectivity index (χ2v) is 3.76. The zero-order valence-corrected chi connectivity index (χ0v) is 9.15. The third-order valence-electron chi connectivity index (χ3n) is 1.17. The molecule has 0 aromatic carbocycles. The molecule has 0 aliphatic heterocycles. The van der Waals surface area contributed by atoms with E-state index < -0.39 is 0 Å². The van der Waals surface area contributed by atoms with Crippen molar-refractivity contribution in [2.75, 3.05) is 20.3 Å². The van der Waals surface area contributed by atoms with E-state index >= 15 is 0 Å². The van der Waals surface area contributed by atoms with Crippen LogP contribution in [0, 0.1) is 0 Å². The van der Waals surface area contributed by atoms with Crippen LogP contribution in [0.4, 0.5) is 0 Å². The Balaban J connectivity index is 2.15. The van der Waals surface area contributed by atoms with E-state index in [9.17, 15) is 0 Å². The first-order chi connectivity index (χ1) is 5.83. The van der Waals surface area contributed by atoms with Gasteiger partial charge in [0, 0.05) is 25.5 Å². The number of methoxy groups -OCH3 is 1. The summed E-state index contributed by atoms with van der Waals surface area (Å²) < 4.78 is 11.0. The van der Waals surface area contributed by atoms with Gasteiger partial charge in [0.25, 0.3) is 5.19 Å². The molecular weight excluding hydrogens is 242 g/mol. The van der Waals surface area contributed by atoms with Crippen LogP contribution in [0.1, 0.15) is 6.42 Å². The molecule has 1 heterocycles. The van der Waals surface area contributed by atoms with Gasteiger partial charge in [-0.1, -0.05) is 11.3 Å². The fraction of sp³-hybridized carbons (Fsp3) is 0.571. The van der Waals surface area contributed by atoms with Gasteiger partial charge >= 0.3 is 0 Å². The van der Waals surface area contributed by atoms with Gasteiger partial charge in [0.05, 0.1) is 6.61 Å². The molecule has 3 nitrogen and oxygen atoms in total. The monoisotopic (exact) mass is 251 g/mol. The van der Waals surface area contributed by atoms with Crippen LogP contribution in [0.25, 0.3) is 0 Å². The molecule has 1 rings (SSSR count). The Kier molecular flexibility index (Phi) is 4.57. The average molecular weight is 252 g/mol. The number of ether oxygens (including phenoxy) is 2. The fourth-order valence-corrected chi connectivity index (χ4v) is 1.78. The van der Waals surface area contributed by atoms with Crippen LogP contribution in [0.5, 0.6) is 5.19 Å². The van der Waals surface area contributed by atoms with Crippen LogP contribution in [0.2, 0.25) is 0 Å². The van der Waals surface area contributed by atoms with Crippen molar-refractivity contribution in [2.24, 2.45) is 0 Å². The van der Waals surface area contributed by atoms with Crippen molar-refractivity contribution in [3.63, 3.8) is 0 Å². The van der Waals surface area contributed by atoms with Gasteiger partial charge in [-0.15, -0.1) is 0 Å². The van der Waals surface area contributed by atoms with E-state index in [4.69, 9.17) is 9.47 Å². The van der Waals surface area contributed by atoms with E-state index in [1.807, 2.05) is 5.38 Å². The van der Waals surface area contributed by atoms with Gasteiger partial charge in [-0.05, 0) is 15.9 Å². The van der Waals surface area contributed by atoms with Crippen molar-refractivity contribution < 1.29 is 9.47 Å². The molecular formula is C7H10BrNO2S. The van der Waals surface area contributed by atoms with E-state index in [0.29, 0.717) is 11.8 Å². The van der Waals surface area contributed by atoms with E-state index in [2.05, 4.69) is 20.9 Å². The second kappa shape index (κ2) is 5.50. The van der Waals surface area contributed by atoms with E-state index in [0.717, 1.165) is 17.6 Å². The van der Waals surface area contributed by atoms with Gasteiger partial charge in [-0.2, -0.15) is 4.98 Å². The second-order valence-electron chi connectivity index (χ2n) is 2.13. The fourth-order valence-electron chi connectivity index (χ4n) is 0.668. The smallest absolute Gasteiger partial charge is 0.274 e. The van der Waals surface area contributed by atoms with Gasteiger partial charge in [0.2, 0.25) is 0 Å². The highest BCUT2D eigenvalue weighted by atomic mass is 79.9. The van der Waals surface area contributed by atoms with Crippen LogP contribution in [-0.4, -0.2) is 25.3 Å². The Labute approximate surface area is 83.8 Å². The maximum absolute atomic E-state index is 5.33. The predicted molar refractivity (Wildman–Crippen MR) is 51.8 cm³/mol. The molecule has 1 aromatic rings. The summed E-state index contributed by atoms with van der Waals surface area (Å²) in [6.45, 7) is 1.39. The minimum Gasteiger partial charge on any atom is -0.470 e. The SMILES string of the molecule is COCCCOc1nc(Br)cs1. The lowest BCUT2D eigenvalue weighted by Crippen LogP contribution is -2.00. The number of halogens is 1. The summed E-state index contributed by atoms with van der Waals surface area (Å²) in [4.78, 5) is 4.08. The Morgan fingerprint density at radius 1 is 1.58 bits per heavy atom. The van der Waals surface area contributed by atoms with Crippen molar-refractivity contribution in [3.05, 3.63) is 9.98 Å². The Morgan fingerprint density at radius 2 is 2.42 bits per heavy atom. The number of thiazole rings is 1. The first-order valence-electron chi connectivity index (χ1n) is 3.55. The number of rotatable bonds is 5. The molecule has 12 heavy (non-hydrogen) atoms. The molecule has 68 valence electrons. The lowest BCUT2D eigenvalue weighted by molar-refractivity contribution is 0.172. The zero-order valence-electron chi connectivity index (χ0n) is 6.75. The third kappa shape index (κ3) is 3.51. The van der Waals surface area contributed by atoms with Crippen LogP contribution in [0.15, 0.2) is 9.98 Å². The topological polar surface area (TPSA) is 31.4 Å². The van der Waals surface area contributed by atoms with Crippen molar-refractivity contribution >= 4 is 27.3 Å².